The fourth-order valence-corrected chi connectivity index (χ4v) is 5.83. The van der Waals surface area contributed by atoms with E-state index < -0.39 is 13.6 Å². The number of piperidine rings is 1. The Morgan fingerprint density at radius 2 is 1.90 bits per heavy atom. The third-order valence-electron chi connectivity index (χ3n) is 5.15. The van der Waals surface area contributed by atoms with Crippen molar-refractivity contribution in [2.75, 3.05) is 37.4 Å². The zero-order chi connectivity index (χ0) is 21.0. The van der Waals surface area contributed by atoms with Crippen LogP contribution < -0.4 is 4.90 Å². The fraction of sp³-hybridized carbons (Fsp3) is 0.632. The van der Waals surface area contributed by atoms with Crippen LogP contribution in [0.15, 0.2) is 6.20 Å². The van der Waals surface area contributed by atoms with Gasteiger partial charge in [-0.3, -0.25) is 4.57 Å². The number of hydrogen-bond acceptors (Lipinski definition) is 7. The Kier molecular flexibility index (Phi) is 6.93. The number of aromatic amines is 1. The van der Waals surface area contributed by atoms with Gasteiger partial charge >= 0.3 is 13.6 Å². The molecule has 3 heterocycles. The van der Waals surface area contributed by atoms with E-state index in [1.807, 2.05) is 20.8 Å². The summed E-state index contributed by atoms with van der Waals surface area (Å²) in [4.78, 5) is 25.8. The first-order chi connectivity index (χ1) is 13.9. The second-order valence-electron chi connectivity index (χ2n) is 7.11. The summed E-state index contributed by atoms with van der Waals surface area (Å²) in [5.41, 5.74) is 1.24. The van der Waals surface area contributed by atoms with Gasteiger partial charge in [0.2, 0.25) is 0 Å². The molecule has 0 unspecified atom stereocenters. The summed E-state index contributed by atoms with van der Waals surface area (Å²) < 4.78 is 23.7. The minimum atomic E-state index is -3.05. The molecule has 9 nitrogen and oxygen atoms in total. The number of nitrogens with zero attached hydrogens (tertiary/aromatic N) is 3. The minimum Gasteiger partial charge on any atom is -0.478 e. The van der Waals surface area contributed by atoms with E-state index in [0.29, 0.717) is 42.7 Å². The molecule has 1 fully saturated rings. The van der Waals surface area contributed by atoms with E-state index in [1.165, 1.54) is 6.20 Å². The molecule has 10 heteroatoms. The number of fused-ring (bicyclic) bond motifs is 1. The lowest BCUT2D eigenvalue weighted by Crippen LogP contribution is -2.35. The summed E-state index contributed by atoms with van der Waals surface area (Å²) in [6.45, 7) is 7.80. The number of aromatic carboxylic acids is 1. The number of anilines is 1. The highest BCUT2D eigenvalue weighted by atomic mass is 31.2. The molecule has 0 amide bonds. The van der Waals surface area contributed by atoms with Crippen LogP contribution >= 0.6 is 7.60 Å². The molecule has 0 aliphatic carbocycles. The summed E-state index contributed by atoms with van der Waals surface area (Å²) in [5, 5.41) is 9.42. The van der Waals surface area contributed by atoms with Crippen molar-refractivity contribution in [3.8, 4) is 0 Å². The Balaban J connectivity index is 1.78. The molecule has 1 saturated heterocycles. The summed E-state index contributed by atoms with van der Waals surface area (Å²) in [5.74, 6) is 0.588. The van der Waals surface area contributed by atoms with Gasteiger partial charge in [0.1, 0.15) is 22.4 Å². The molecule has 1 aliphatic heterocycles. The van der Waals surface area contributed by atoms with Gasteiger partial charge in [-0.2, -0.15) is 0 Å². The third kappa shape index (κ3) is 4.79. The average molecular weight is 424 g/mol. The maximum absolute atomic E-state index is 12.8. The number of carboxylic acid groups (broad SMARTS) is 1. The van der Waals surface area contributed by atoms with Crippen molar-refractivity contribution in [1.82, 2.24) is 15.0 Å². The molecular weight excluding hydrogens is 395 g/mol. The summed E-state index contributed by atoms with van der Waals surface area (Å²) in [6.07, 6.45) is 4.19. The van der Waals surface area contributed by atoms with Crippen LogP contribution in [-0.4, -0.2) is 58.5 Å². The van der Waals surface area contributed by atoms with Gasteiger partial charge in [-0.1, -0.05) is 6.92 Å². The smallest absolute Gasteiger partial charge is 0.339 e. The van der Waals surface area contributed by atoms with Crippen LogP contribution in [-0.2, 0) is 20.0 Å². The maximum atomic E-state index is 12.8. The van der Waals surface area contributed by atoms with Gasteiger partial charge < -0.3 is 24.0 Å². The highest BCUT2D eigenvalue weighted by Gasteiger charge is 2.32. The van der Waals surface area contributed by atoms with Gasteiger partial charge in [-0.15, -0.1) is 0 Å². The molecule has 0 radical (unpaired) electrons. The van der Waals surface area contributed by atoms with Crippen LogP contribution in [0.1, 0.15) is 49.8 Å². The Labute approximate surface area is 170 Å². The SMILES string of the molecule is CCOP(=O)(CC1CCN(c2nc(CC)nc3c(C(=O)O)c[nH]c23)CC1)OCC. The minimum absolute atomic E-state index is 0.155. The Morgan fingerprint density at radius 1 is 1.24 bits per heavy atom. The molecule has 29 heavy (non-hydrogen) atoms. The van der Waals surface area contributed by atoms with E-state index in [9.17, 15) is 14.5 Å². The number of hydrogen-bond donors (Lipinski definition) is 2. The van der Waals surface area contributed by atoms with Gasteiger partial charge in [-0.25, -0.2) is 14.8 Å². The largest absolute Gasteiger partial charge is 0.478 e. The number of rotatable bonds is 9. The number of aryl methyl sites for hydroxylation is 1. The standard InChI is InChI=1S/C19H29N4O5P/c1-4-15-21-16-14(19(24)25)11-20-17(16)18(22-15)23-9-7-13(8-10-23)12-29(26,27-5-2)28-6-3/h11,13,20H,4-10,12H2,1-3H3,(H,24,25). The predicted molar refractivity (Wildman–Crippen MR) is 111 cm³/mol. The lowest BCUT2D eigenvalue weighted by molar-refractivity contribution is 0.0699. The van der Waals surface area contributed by atoms with E-state index in [4.69, 9.17) is 9.05 Å². The number of aromatic nitrogens is 3. The van der Waals surface area contributed by atoms with E-state index in [2.05, 4.69) is 19.9 Å². The summed E-state index contributed by atoms with van der Waals surface area (Å²) in [7, 11) is -3.05. The van der Waals surface area contributed by atoms with E-state index in [1.54, 1.807) is 0 Å². The Hall–Kier alpha value is -1.96. The summed E-state index contributed by atoms with van der Waals surface area (Å²) in [6, 6.07) is 0. The molecule has 0 bridgehead atoms. The molecule has 2 aromatic rings. The quantitative estimate of drug-likeness (QED) is 0.585. The number of carbonyl (C=O) groups is 1. The zero-order valence-electron chi connectivity index (χ0n) is 17.2. The second kappa shape index (κ2) is 9.24. The highest BCUT2D eigenvalue weighted by Crippen LogP contribution is 2.51. The first kappa shape index (κ1) is 21.7. The predicted octanol–water partition coefficient (Wildman–Crippen LogP) is 3.70. The molecular formula is C19H29N4O5P. The van der Waals surface area contributed by atoms with E-state index >= 15 is 0 Å². The van der Waals surface area contributed by atoms with Crippen LogP contribution in [0, 0.1) is 5.92 Å². The molecule has 0 aromatic carbocycles. The fourth-order valence-electron chi connectivity index (χ4n) is 3.76. The van der Waals surface area contributed by atoms with Crippen molar-refractivity contribution in [2.45, 2.75) is 40.0 Å². The van der Waals surface area contributed by atoms with Crippen molar-refractivity contribution >= 4 is 30.4 Å². The molecule has 1 aliphatic rings. The van der Waals surface area contributed by atoms with Crippen LogP contribution in [0.3, 0.4) is 0 Å². The van der Waals surface area contributed by atoms with E-state index in [-0.39, 0.29) is 11.5 Å². The zero-order valence-corrected chi connectivity index (χ0v) is 18.1. The number of H-pyrrole nitrogens is 1. The third-order valence-corrected chi connectivity index (χ3v) is 7.41. The topological polar surface area (TPSA) is 118 Å². The van der Waals surface area contributed by atoms with Crippen LogP contribution in [0.25, 0.3) is 11.0 Å². The highest BCUT2D eigenvalue weighted by molar-refractivity contribution is 7.53. The van der Waals surface area contributed by atoms with Gasteiger partial charge in [0, 0.05) is 25.7 Å². The van der Waals surface area contributed by atoms with Gasteiger partial charge in [0.15, 0.2) is 5.82 Å². The van der Waals surface area contributed by atoms with Crippen LogP contribution in [0.5, 0.6) is 0 Å². The normalized spacial score (nSPS) is 15.9. The molecule has 0 spiro atoms. The van der Waals surface area contributed by atoms with Crippen molar-refractivity contribution in [3.05, 3.63) is 17.6 Å². The monoisotopic (exact) mass is 424 g/mol. The van der Waals surface area contributed by atoms with Crippen LogP contribution in [0.2, 0.25) is 0 Å². The average Bonchev–Trinajstić information content (AvgIpc) is 3.12. The van der Waals surface area contributed by atoms with Crippen molar-refractivity contribution in [1.29, 1.82) is 0 Å². The number of carboxylic acids is 1. The van der Waals surface area contributed by atoms with Crippen molar-refractivity contribution in [3.63, 3.8) is 0 Å². The first-order valence-electron chi connectivity index (χ1n) is 10.1. The van der Waals surface area contributed by atoms with Crippen molar-refractivity contribution in [2.24, 2.45) is 5.92 Å². The Morgan fingerprint density at radius 3 is 2.45 bits per heavy atom. The number of nitrogens with one attached hydrogen (secondary N) is 1. The molecule has 0 atom stereocenters. The van der Waals surface area contributed by atoms with E-state index in [0.717, 1.165) is 31.7 Å². The molecule has 2 aromatic heterocycles. The lowest BCUT2D eigenvalue weighted by atomic mass is 9.99. The van der Waals surface area contributed by atoms with Crippen LogP contribution in [0.4, 0.5) is 5.82 Å². The van der Waals surface area contributed by atoms with Gasteiger partial charge in [0.05, 0.1) is 19.4 Å². The molecule has 3 rings (SSSR count). The first-order valence-corrected chi connectivity index (χ1v) is 11.9. The summed E-state index contributed by atoms with van der Waals surface area (Å²) >= 11 is 0. The molecule has 0 saturated carbocycles. The van der Waals surface area contributed by atoms with Gasteiger partial charge in [0.25, 0.3) is 0 Å². The van der Waals surface area contributed by atoms with Gasteiger partial charge in [-0.05, 0) is 32.6 Å². The Bertz CT molecular complexity index is 897. The molecule has 160 valence electrons. The second-order valence-corrected chi connectivity index (χ2v) is 9.21. The molecule has 2 N–H and O–H groups in total. The maximum Gasteiger partial charge on any atom is 0.339 e. The van der Waals surface area contributed by atoms with Crippen molar-refractivity contribution < 1.29 is 23.5 Å². The lowest BCUT2D eigenvalue weighted by Gasteiger charge is -2.34.